The summed E-state index contributed by atoms with van der Waals surface area (Å²) in [5.41, 5.74) is 13.9. The minimum absolute atomic E-state index is 0.0577. The van der Waals surface area contributed by atoms with Gasteiger partial charge in [-0.1, -0.05) is 30.3 Å². The summed E-state index contributed by atoms with van der Waals surface area (Å²) in [6.45, 7) is 0. The summed E-state index contributed by atoms with van der Waals surface area (Å²) >= 11 is 0. The van der Waals surface area contributed by atoms with Gasteiger partial charge in [-0.05, 0) is 0 Å². The Morgan fingerprint density at radius 3 is 2.43 bits per heavy atom. The number of hydrogen-bond donors (Lipinski definition) is 2. The molecule has 7 heteroatoms. The lowest BCUT2D eigenvalue weighted by atomic mass is 10.1. The Kier molecular flexibility index (Phi) is 3.04. The molecule has 0 aliphatic heterocycles. The highest BCUT2D eigenvalue weighted by atomic mass is 15.0. The van der Waals surface area contributed by atoms with Crippen molar-refractivity contribution in [1.29, 1.82) is 5.26 Å². The molecule has 0 atom stereocenters. The predicted octanol–water partition coefficient (Wildman–Crippen LogP) is 1.32. The van der Waals surface area contributed by atoms with E-state index in [4.69, 9.17) is 16.7 Å². The second kappa shape index (κ2) is 5.02. The molecule has 0 unspecified atom stereocenters. The molecule has 7 nitrogen and oxygen atoms in total. The summed E-state index contributed by atoms with van der Waals surface area (Å²) < 4.78 is 0. The SMILES string of the molecule is N#CCc1nc(N)c2nc(-c3ccccc3)c(N)nc2n1. The van der Waals surface area contributed by atoms with Crippen LogP contribution in [0.1, 0.15) is 5.82 Å². The van der Waals surface area contributed by atoms with Crippen LogP contribution in [0.2, 0.25) is 0 Å². The topological polar surface area (TPSA) is 127 Å². The Morgan fingerprint density at radius 2 is 1.71 bits per heavy atom. The van der Waals surface area contributed by atoms with E-state index in [1.54, 1.807) is 0 Å². The van der Waals surface area contributed by atoms with Crippen molar-refractivity contribution in [3.05, 3.63) is 36.2 Å². The molecule has 1 aromatic carbocycles. The molecule has 0 fully saturated rings. The average Bonchev–Trinajstić information content (AvgIpc) is 2.48. The number of nitrogens with zero attached hydrogens (tertiary/aromatic N) is 5. The molecule has 0 bridgehead atoms. The van der Waals surface area contributed by atoms with Crippen LogP contribution in [0.4, 0.5) is 11.6 Å². The Balaban J connectivity index is 2.23. The maximum absolute atomic E-state index is 8.70. The second-order valence-electron chi connectivity index (χ2n) is 4.36. The number of anilines is 2. The van der Waals surface area contributed by atoms with Gasteiger partial charge in [-0.15, -0.1) is 0 Å². The number of aromatic nitrogens is 4. The number of hydrogen-bond acceptors (Lipinski definition) is 7. The Bertz CT molecular complexity index is 853. The molecule has 0 aliphatic rings. The number of benzene rings is 1. The van der Waals surface area contributed by atoms with Crippen molar-refractivity contribution in [2.45, 2.75) is 6.42 Å². The highest BCUT2D eigenvalue weighted by molar-refractivity contribution is 5.86. The lowest BCUT2D eigenvalue weighted by Gasteiger charge is -2.07. The molecule has 21 heavy (non-hydrogen) atoms. The first-order chi connectivity index (χ1) is 10.2. The van der Waals surface area contributed by atoms with Crippen molar-refractivity contribution in [3.63, 3.8) is 0 Å². The Morgan fingerprint density at radius 1 is 0.952 bits per heavy atom. The van der Waals surface area contributed by atoms with Gasteiger partial charge in [-0.25, -0.2) is 19.9 Å². The van der Waals surface area contributed by atoms with Gasteiger partial charge in [0.05, 0.1) is 12.5 Å². The lowest BCUT2D eigenvalue weighted by Crippen LogP contribution is -2.06. The van der Waals surface area contributed by atoms with Crippen molar-refractivity contribution in [1.82, 2.24) is 19.9 Å². The molecule has 4 N–H and O–H groups in total. The van der Waals surface area contributed by atoms with Crippen molar-refractivity contribution in [2.24, 2.45) is 0 Å². The zero-order valence-corrected chi connectivity index (χ0v) is 11.0. The van der Waals surface area contributed by atoms with Gasteiger partial charge >= 0.3 is 0 Å². The summed E-state index contributed by atoms with van der Waals surface area (Å²) in [5, 5.41) is 8.70. The quantitative estimate of drug-likeness (QED) is 0.722. The van der Waals surface area contributed by atoms with Crippen molar-refractivity contribution in [2.75, 3.05) is 11.5 Å². The van der Waals surface area contributed by atoms with Gasteiger partial charge in [0, 0.05) is 5.56 Å². The van der Waals surface area contributed by atoms with Crippen LogP contribution in [0, 0.1) is 11.3 Å². The van der Waals surface area contributed by atoms with E-state index in [0.717, 1.165) is 5.56 Å². The molecule has 102 valence electrons. The van der Waals surface area contributed by atoms with Crippen LogP contribution >= 0.6 is 0 Å². The fraction of sp³-hybridized carbons (Fsp3) is 0.0714. The van der Waals surface area contributed by atoms with Gasteiger partial charge in [0.25, 0.3) is 0 Å². The van der Waals surface area contributed by atoms with Crippen LogP contribution in [-0.4, -0.2) is 19.9 Å². The average molecular weight is 277 g/mol. The smallest absolute Gasteiger partial charge is 0.185 e. The zero-order chi connectivity index (χ0) is 14.8. The highest BCUT2D eigenvalue weighted by Gasteiger charge is 2.13. The fourth-order valence-corrected chi connectivity index (χ4v) is 1.99. The third kappa shape index (κ3) is 2.30. The van der Waals surface area contributed by atoms with E-state index in [2.05, 4.69) is 19.9 Å². The molecule has 0 spiro atoms. The Labute approximate surface area is 120 Å². The first kappa shape index (κ1) is 12.7. The van der Waals surface area contributed by atoms with E-state index in [0.29, 0.717) is 22.7 Å². The van der Waals surface area contributed by atoms with Gasteiger partial charge < -0.3 is 11.5 Å². The highest BCUT2D eigenvalue weighted by Crippen LogP contribution is 2.25. The van der Waals surface area contributed by atoms with E-state index < -0.39 is 0 Å². The number of nitrogen functional groups attached to an aromatic ring is 2. The van der Waals surface area contributed by atoms with Crippen molar-refractivity contribution >= 4 is 22.8 Å². The second-order valence-corrected chi connectivity index (χ2v) is 4.36. The Hall–Kier alpha value is -3.27. The number of nitriles is 1. The summed E-state index contributed by atoms with van der Waals surface area (Å²) in [6, 6.07) is 11.4. The number of rotatable bonds is 2. The van der Waals surface area contributed by atoms with Gasteiger partial charge in [-0.2, -0.15) is 5.26 Å². The van der Waals surface area contributed by atoms with Gasteiger partial charge in [0.1, 0.15) is 11.5 Å². The molecule has 0 aliphatic carbocycles. The first-order valence-electron chi connectivity index (χ1n) is 6.21. The summed E-state index contributed by atoms with van der Waals surface area (Å²) in [6.07, 6.45) is 0.0577. The number of nitrogens with two attached hydrogens (primary N) is 2. The minimum Gasteiger partial charge on any atom is -0.382 e. The molecule has 3 aromatic rings. The molecule has 0 saturated heterocycles. The van der Waals surface area contributed by atoms with Crippen LogP contribution in [0.3, 0.4) is 0 Å². The minimum atomic E-state index is 0.0577. The van der Waals surface area contributed by atoms with E-state index in [9.17, 15) is 0 Å². The van der Waals surface area contributed by atoms with Crippen LogP contribution in [0.15, 0.2) is 30.3 Å². The molecule has 0 saturated carbocycles. The summed E-state index contributed by atoms with van der Waals surface area (Å²) in [7, 11) is 0. The van der Waals surface area contributed by atoms with Crippen LogP contribution in [0.25, 0.3) is 22.4 Å². The molecule has 3 rings (SSSR count). The van der Waals surface area contributed by atoms with E-state index in [-0.39, 0.29) is 18.1 Å². The third-order valence-electron chi connectivity index (χ3n) is 2.92. The van der Waals surface area contributed by atoms with E-state index in [1.165, 1.54) is 0 Å². The first-order valence-corrected chi connectivity index (χ1v) is 6.21. The predicted molar refractivity (Wildman–Crippen MR) is 78.7 cm³/mol. The normalized spacial score (nSPS) is 10.4. The van der Waals surface area contributed by atoms with Gasteiger partial charge in [-0.3, -0.25) is 0 Å². The van der Waals surface area contributed by atoms with Gasteiger partial charge in [0.2, 0.25) is 0 Å². The fourth-order valence-electron chi connectivity index (χ4n) is 1.99. The standard InChI is InChI=1S/C14H11N7/c15-7-6-9-18-13(17)11-14(19-9)21-12(16)10(20-11)8-4-2-1-3-5-8/h1-5H,6H2,(H4,16,17,18,19,21). The molecular formula is C14H11N7. The van der Waals surface area contributed by atoms with Crippen LogP contribution < -0.4 is 11.5 Å². The molecule has 2 heterocycles. The molecule has 0 amide bonds. The third-order valence-corrected chi connectivity index (χ3v) is 2.92. The molecule has 0 radical (unpaired) electrons. The zero-order valence-electron chi connectivity index (χ0n) is 11.0. The van der Waals surface area contributed by atoms with Gasteiger partial charge in [0.15, 0.2) is 22.8 Å². The van der Waals surface area contributed by atoms with Crippen molar-refractivity contribution in [3.8, 4) is 17.3 Å². The van der Waals surface area contributed by atoms with Crippen LogP contribution in [-0.2, 0) is 6.42 Å². The molecular weight excluding hydrogens is 266 g/mol. The monoisotopic (exact) mass is 277 g/mol. The maximum atomic E-state index is 8.70. The number of fused-ring (bicyclic) bond motifs is 1. The lowest BCUT2D eigenvalue weighted by molar-refractivity contribution is 1.01. The largest absolute Gasteiger partial charge is 0.382 e. The maximum Gasteiger partial charge on any atom is 0.185 e. The van der Waals surface area contributed by atoms with E-state index >= 15 is 0 Å². The van der Waals surface area contributed by atoms with Crippen molar-refractivity contribution < 1.29 is 0 Å². The molecule has 2 aromatic heterocycles. The summed E-state index contributed by atoms with van der Waals surface area (Å²) in [5.74, 6) is 0.758. The summed E-state index contributed by atoms with van der Waals surface area (Å²) in [4.78, 5) is 16.9. The van der Waals surface area contributed by atoms with Crippen LogP contribution in [0.5, 0.6) is 0 Å². The van der Waals surface area contributed by atoms with E-state index in [1.807, 2.05) is 36.4 Å².